The lowest BCUT2D eigenvalue weighted by molar-refractivity contribution is -0.145. The van der Waals surface area contributed by atoms with E-state index in [1.165, 1.54) is 0 Å². The minimum atomic E-state index is -0.944. The SMILES string of the molecule is CCCC(Oc1ccc(N(C)c2ncnc3ccccc23)cc1)C(=O)O. The highest BCUT2D eigenvalue weighted by Gasteiger charge is 2.18. The van der Waals surface area contributed by atoms with E-state index in [0.717, 1.165) is 28.8 Å². The summed E-state index contributed by atoms with van der Waals surface area (Å²) in [6.07, 6.45) is 1.95. The lowest BCUT2D eigenvalue weighted by Gasteiger charge is -2.20. The molecule has 134 valence electrons. The van der Waals surface area contributed by atoms with Crippen molar-refractivity contribution < 1.29 is 14.6 Å². The maximum absolute atomic E-state index is 11.2. The summed E-state index contributed by atoms with van der Waals surface area (Å²) >= 11 is 0. The third kappa shape index (κ3) is 3.74. The zero-order chi connectivity index (χ0) is 18.5. The van der Waals surface area contributed by atoms with Gasteiger partial charge in [-0.15, -0.1) is 0 Å². The van der Waals surface area contributed by atoms with E-state index in [1.54, 1.807) is 18.5 Å². The van der Waals surface area contributed by atoms with Crippen molar-refractivity contribution in [1.29, 1.82) is 0 Å². The van der Waals surface area contributed by atoms with Gasteiger partial charge < -0.3 is 14.7 Å². The Morgan fingerprint density at radius 1 is 1.15 bits per heavy atom. The van der Waals surface area contributed by atoms with Crippen LogP contribution < -0.4 is 9.64 Å². The second-order valence-corrected chi connectivity index (χ2v) is 6.00. The van der Waals surface area contributed by atoms with E-state index in [9.17, 15) is 9.90 Å². The van der Waals surface area contributed by atoms with Gasteiger partial charge in [0.25, 0.3) is 0 Å². The number of hydrogen-bond acceptors (Lipinski definition) is 5. The maximum Gasteiger partial charge on any atom is 0.344 e. The van der Waals surface area contributed by atoms with Crippen LogP contribution in [0.2, 0.25) is 0 Å². The Kier molecular flexibility index (Phi) is 5.31. The van der Waals surface area contributed by atoms with E-state index in [4.69, 9.17) is 4.74 Å². The summed E-state index contributed by atoms with van der Waals surface area (Å²) in [6, 6.07) is 15.2. The Labute approximate surface area is 152 Å². The zero-order valence-electron chi connectivity index (χ0n) is 14.8. The summed E-state index contributed by atoms with van der Waals surface area (Å²) in [5.74, 6) is 0.398. The number of aliphatic carboxylic acids is 1. The molecule has 0 aliphatic heterocycles. The van der Waals surface area contributed by atoms with Crippen LogP contribution in [0.3, 0.4) is 0 Å². The smallest absolute Gasteiger partial charge is 0.344 e. The molecule has 1 heterocycles. The van der Waals surface area contributed by atoms with Crippen molar-refractivity contribution in [3.8, 4) is 5.75 Å². The van der Waals surface area contributed by atoms with E-state index in [2.05, 4.69) is 9.97 Å². The van der Waals surface area contributed by atoms with Gasteiger partial charge in [0.05, 0.1) is 5.52 Å². The van der Waals surface area contributed by atoms with Crippen molar-refractivity contribution in [2.75, 3.05) is 11.9 Å². The molecule has 0 saturated heterocycles. The first-order valence-corrected chi connectivity index (χ1v) is 8.53. The highest BCUT2D eigenvalue weighted by molar-refractivity contribution is 5.91. The number of ether oxygens (including phenoxy) is 1. The second kappa shape index (κ2) is 7.82. The van der Waals surface area contributed by atoms with Gasteiger partial charge >= 0.3 is 5.97 Å². The highest BCUT2D eigenvalue weighted by atomic mass is 16.5. The summed E-state index contributed by atoms with van der Waals surface area (Å²) in [4.78, 5) is 21.9. The molecule has 3 rings (SSSR count). The quantitative estimate of drug-likeness (QED) is 0.693. The lowest BCUT2D eigenvalue weighted by atomic mass is 10.2. The van der Waals surface area contributed by atoms with E-state index in [0.29, 0.717) is 12.2 Å². The fourth-order valence-corrected chi connectivity index (χ4v) is 2.79. The molecule has 26 heavy (non-hydrogen) atoms. The molecule has 0 aliphatic carbocycles. The van der Waals surface area contributed by atoms with Crippen LogP contribution in [0.1, 0.15) is 19.8 Å². The van der Waals surface area contributed by atoms with Gasteiger partial charge in [0.15, 0.2) is 6.10 Å². The number of hydrogen-bond donors (Lipinski definition) is 1. The van der Waals surface area contributed by atoms with Crippen molar-refractivity contribution in [1.82, 2.24) is 9.97 Å². The first-order chi connectivity index (χ1) is 12.6. The number of anilines is 2. The Morgan fingerprint density at radius 3 is 2.58 bits per heavy atom. The van der Waals surface area contributed by atoms with Gasteiger partial charge in [-0.3, -0.25) is 0 Å². The van der Waals surface area contributed by atoms with Crippen molar-refractivity contribution in [3.05, 3.63) is 54.9 Å². The number of carboxylic acids is 1. The molecule has 0 bridgehead atoms. The predicted molar refractivity (Wildman–Crippen MR) is 101 cm³/mol. The monoisotopic (exact) mass is 351 g/mol. The van der Waals surface area contributed by atoms with Crippen LogP contribution in [-0.4, -0.2) is 34.2 Å². The Bertz CT molecular complexity index is 891. The van der Waals surface area contributed by atoms with E-state index in [1.807, 2.05) is 55.3 Å². The van der Waals surface area contributed by atoms with Crippen molar-refractivity contribution >= 4 is 28.4 Å². The summed E-state index contributed by atoms with van der Waals surface area (Å²) in [7, 11) is 1.93. The van der Waals surface area contributed by atoms with Gasteiger partial charge in [0.2, 0.25) is 0 Å². The number of rotatable bonds is 7. The molecule has 1 aromatic heterocycles. The molecule has 0 radical (unpaired) electrons. The van der Waals surface area contributed by atoms with E-state index >= 15 is 0 Å². The molecule has 0 saturated carbocycles. The van der Waals surface area contributed by atoms with Crippen molar-refractivity contribution in [2.24, 2.45) is 0 Å². The predicted octanol–water partition coefficient (Wildman–Crippen LogP) is 4.03. The molecule has 6 heteroatoms. The molecule has 0 amide bonds. The molecule has 0 aliphatic rings. The van der Waals surface area contributed by atoms with Crippen LogP contribution >= 0.6 is 0 Å². The first-order valence-electron chi connectivity index (χ1n) is 8.53. The van der Waals surface area contributed by atoms with Crippen LogP contribution in [0, 0.1) is 0 Å². The topological polar surface area (TPSA) is 75.5 Å². The maximum atomic E-state index is 11.2. The average molecular weight is 351 g/mol. The summed E-state index contributed by atoms with van der Waals surface area (Å²) in [6.45, 7) is 1.93. The minimum Gasteiger partial charge on any atom is -0.479 e. The van der Waals surface area contributed by atoms with Crippen LogP contribution in [0.15, 0.2) is 54.9 Å². The molecule has 3 aromatic rings. The largest absolute Gasteiger partial charge is 0.479 e. The van der Waals surface area contributed by atoms with Gasteiger partial charge in [0.1, 0.15) is 17.9 Å². The highest BCUT2D eigenvalue weighted by Crippen LogP contribution is 2.29. The summed E-state index contributed by atoms with van der Waals surface area (Å²) in [5.41, 5.74) is 1.80. The van der Waals surface area contributed by atoms with Gasteiger partial charge in [-0.05, 0) is 42.8 Å². The number of para-hydroxylation sites is 1. The number of aromatic nitrogens is 2. The Morgan fingerprint density at radius 2 is 1.88 bits per heavy atom. The second-order valence-electron chi connectivity index (χ2n) is 6.00. The molecule has 1 atom stereocenters. The Hall–Kier alpha value is -3.15. The molecule has 2 aromatic carbocycles. The Balaban J connectivity index is 1.82. The van der Waals surface area contributed by atoms with E-state index in [-0.39, 0.29) is 0 Å². The van der Waals surface area contributed by atoms with Crippen molar-refractivity contribution in [3.63, 3.8) is 0 Å². The number of benzene rings is 2. The summed E-state index contributed by atoms with van der Waals surface area (Å²) in [5, 5.41) is 10.2. The normalized spacial score (nSPS) is 11.9. The molecular formula is C20H21N3O3. The standard InChI is InChI=1S/C20H21N3O3/c1-3-6-18(20(24)25)26-15-11-9-14(10-12-15)23(2)19-16-7-4-5-8-17(16)21-13-22-19/h4-5,7-13,18H,3,6H2,1-2H3,(H,24,25). The zero-order valence-corrected chi connectivity index (χ0v) is 14.8. The number of fused-ring (bicyclic) bond motifs is 1. The molecular weight excluding hydrogens is 330 g/mol. The first kappa shape index (κ1) is 17.7. The third-order valence-corrected chi connectivity index (χ3v) is 4.17. The van der Waals surface area contributed by atoms with Crippen LogP contribution in [0.5, 0.6) is 5.75 Å². The van der Waals surface area contributed by atoms with Gasteiger partial charge in [-0.2, -0.15) is 0 Å². The molecule has 0 fully saturated rings. The third-order valence-electron chi connectivity index (χ3n) is 4.17. The van der Waals surface area contributed by atoms with Crippen LogP contribution in [0.25, 0.3) is 10.9 Å². The van der Waals surface area contributed by atoms with Gasteiger partial charge in [-0.1, -0.05) is 25.5 Å². The summed E-state index contributed by atoms with van der Waals surface area (Å²) < 4.78 is 5.58. The van der Waals surface area contributed by atoms with Gasteiger partial charge in [0, 0.05) is 18.1 Å². The van der Waals surface area contributed by atoms with E-state index < -0.39 is 12.1 Å². The van der Waals surface area contributed by atoms with Crippen LogP contribution in [-0.2, 0) is 4.79 Å². The molecule has 0 spiro atoms. The number of nitrogens with zero attached hydrogens (tertiary/aromatic N) is 3. The minimum absolute atomic E-state index is 0.476. The fourth-order valence-electron chi connectivity index (χ4n) is 2.79. The average Bonchev–Trinajstić information content (AvgIpc) is 2.67. The van der Waals surface area contributed by atoms with Gasteiger partial charge in [-0.25, -0.2) is 14.8 Å². The fraction of sp³-hybridized carbons (Fsp3) is 0.250. The lowest BCUT2D eigenvalue weighted by Crippen LogP contribution is -2.26. The van der Waals surface area contributed by atoms with Crippen LogP contribution in [0.4, 0.5) is 11.5 Å². The van der Waals surface area contributed by atoms with Crippen molar-refractivity contribution in [2.45, 2.75) is 25.9 Å². The molecule has 6 nitrogen and oxygen atoms in total. The molecule has 1 N–H and O–H groups in total. The number of carboxylic acid groups (broad SMARTS) is 1. The molecule has 1 unspecified atom stereocenters. The number of carbonyl (C=O) groups is 1.